The smallest absolute Gasteiger partial charge is 0.421 e. The number of fused-ring (bicyclic) bond motifs is 1. The van der Waals surface area contributed by atoms with Crippen LogP contribution in [0.2, 0.25) is 0 Å². The SMILES string of the molecule is Nc1nc(N)c2[c-]cccc2n1.[CH3-].[U+2]. The van der Waals surface area contributed by atoms with Crippen LogP contribution in [0.3, 0.4) is 0 Å². The van der Waals surface area contributed by atoms with E-state index in [1.165, 1.54) is 0 Å². The van der Waals surface area contributed by atoms with Crippen molar-refractivity contribution >= 4 is 22.7 Å². The summed E-state index contributed by atoms with van der Waals surface area (Å²) in [6.45, 7) is 0. The van der Waals surface area contributed by atoms with Gasteiger partial charge in [0.15, 0.2) is 0 Å². The minimum atomic E-state index is 0. The average molecular weight is 412 g/mol. The third-order valence-electron chi connectivity index (χ3n) is 1.56. The van der Waals surface area contributed by atoms with Gasteiger partial charge in [0.1, 0.15) is 0 Å². The van der Waals surface area contributed by atoms with Gasteiger partial charge < -0.3 is 18.9 Å². The van der Waals surface area contributed by atoms with Crippen molar-refractivity contribution in [2.24, 2.45) is 0 Å². The van der Waals surface area contributed by atoms with Crippen molar-refractivity contribution in [3.8, 4) is 0 Å². The Morgan fingerprint density at radius 3 is 2.64 bits per heavy atom. The van der Waals surface area contributed by atoms with Crippen LogP contribution in [0, 0.1) is 44.6 Å². The van der Waals surface area contributed by atoms with Gasteiger partial charge in [-0.15, -0.1) is 24.3 Å². The van der Waals surface area contributed by atoms with Crippen molar-refractivity contribution in [3.05, 3.63) is 31.7 Å². The van der Waals surface area contributed by atoms with Gasteiger partial charge in [-0.25, -0.2) is 4.98 Å². The van der Waals surface area contributed by atoms with Gasteiger partial charge in [-0.2, -0.15) is 0 Å². The molecular formula is C9H10N4U. The Labute approximate surface area is 106 Å². The third-order valence-corrected chi connectivity index (χ3v) is 1.56. The normalized spacial score (nSPS) is 8.86. The molecule has 2 rings (SSSR count). The Morgan fingerprint density at radius 1 is 1.21 bits per heavy atom. The van der Waals surface area contributed by atoms with E-state index in [4.69, 9.17) is 11.5 Å². The summed E-state index contributed by atoms with van der Waals surface area (Å²) >= 11 is 0. The summed E-state index contributed by atoms with van der Waals surface area (Å²) in [5, 5.41) is 0.715. The minimum Gasteiger partial charge on any atom is -0.421 e. The summed E-state index contributed by atoms with van der Waals surface area (Å²) in [6.07, 6.45) is 0. The molecule has 70 valence electrons. The van der Waals surface area contributed by atoms with Gasteiger partial charge in [0.05, 0.1) is 5.82 Å². The number of aromatic nitrogens is 2. The molecule has 0 aliphatic heterocycles. The number of benzene rings is 1. The van der Waals surface area contributed by atoms with Crippen LogP contribution in [0.5, 0.6) is 0 Å². The van der Waals surface area contributed by atoms with Crippen LogP contribution >= 0.6 is 0 Å². The largest absolute Gasteiger partial charge is 2.00 e. The van der Waals surface area contributed by atoms with Gasteiger partial charge in [-0.05, 0) is 5.52 Å². The van der Waals surface area contributed by atoms with Crippen LogP contribution in [0.1, 0.15) is 0 Å². The van der Waals surface area contributed by atoms with E-state index >= 15 is 0 Å². The summed E-state index contributed by atoms with van der Waals surface area (Å²) in [5.74, 6) is 0.567. The van der Waals surface area contributed by atoms with E-state index < -0.39 is 0 Å². The first-order chi connectivity index (χ1) is 5.77. The molecule has 0 amide bonds. The Hall–Kier alpha value is -0.788. The quantitative estimate of drug-likeness (QED) is 0.635. The van der Waals surface area contributed by atoms with Gasteiger partial charge in [-0.3, -0.25) is 4.98 Å². The molecule has 0 unspecified atom stereocenters. The van der Waals surface area contributed by atoms with Gasteiger partial charge >= 0.3 is 31.1 Å². The topological polar surface area (TPSA) is 77.8 Å². The van der Waals surface area contributed by atoms with Crippen molar-refractivity contribution in [1.82, 2.24) is 9.97 Å². The van der Waals surface area contributed by atoms with Crippen molar-refractivity contribution in [2.45, 2.75) is 0 Å². The monoisotopic (exact) mass is 412 g/mol. The van der Waals surface area contributed by atoms with E-state index in [9.17, 15) is 0 Å². The fraction of sp³-hybridized carbons (Fsp3) is 0. The number of hydrogen-bond acceptors (Lipinski definition) is 4. The number of hydrogen-bond donors (Lipinski definition) is 2. The number of nitrogen functional groups attached to an aromatic ring is 2. The van der Waals surface area contributed by atoms with E-state index in [1.807, 2.05) is 12.1 Å². The zero-order valence-corrected chi connectivity index (χ0v) is 11.9. The molecule has 0 radical (unpaired) electrons. The molecule has 5 heteroatoms. The van der Waals surface area contributed by atoms with Gasteiger partial charge in [0, 0.05) is 0 Å². The maximum Gasteiger partial charge on any atom is 2.00 e. The molecule has 2 aromatic rings. The maximum atomic E-state index is 5.59. The van der Waals surface area contributed by atoms with Gasteiger partial charge in [0.25, 0.3) is 0 Å². The predicted octanol–water partition coefficient (Wildman–Crippen LogP) is 1.04. The number of rotatable bonds is 0. The predicted molar refractivity (Wildman–Crippen MR) is 53.6 cm³/mol. The van der Waals surface area contributed by atoms with Crippen LogP contribution in [0.25, 0.3) is 10.9 Å². The van der Waals surface area contributed by atoms with E-state index in [1.54, 1.807) is 6.07 Å². The van der Waals surface area contributed by atoms with E-state index in [-0.39, 0.29) is 44.5 Å². The van der Waals surface area contributed by atoms with E-state index in [0.717, 1.165) is 5.52 Å². The molecule has 1 aromatic heterocycles. The second-order valence-electron chi connectivity index (χ2n) is 2.40. The molecule has 0 saturated heterocycles. The fourth-order valence-corrected chi connectivity index (χ4v) is 1.05. The van der Waals surface area contributed by atoms with Crippen LogP contribution in [0.4, 0.5) is 11.8 Å². The molecule has 4 nitrogen and oxygen atoms in total. The molecule has 0 fully saturated rings. The van der Waals surface area contributed by atoms with Crippen LogP contribution in [-0.2, 0) is 0 Å². The Morgan fingerprint density at radius 2 is 1.93 bits per heavy atom. The fourth-order valence-electron chi connectivity index (χ4n) is 1.05. The van der Waals surface area contributed by atoms with Crippen molar-refractivity contribution < 1.29 is 31.1 Å². The van der Waals surface area contributed by atoms with Crippen molar-refractivity contribution in [2.75, 3.05) is 11.5 Å². The van der Waals surface area contributed by atoms with E-state index in [2.05, 4.69) is 16.0 Å². The van der Waals surface area contributed by atoms with Crippen LogP contribution < -0.4 is 11.5 Å². The summed E-state index contributed by atoms with van der Waals surface area (Å²) in [7, 11) is 0. The molecule has 14 heavy (non-hydrogen) atoms. The van der Waals surface area contributed by atoms with E-state index in [0.29, 0.717) is 11.2 Å². The molecule has 0 bridgehead atoms. The Kier molecular flexibility index (Phi) is 4.89. The zero-order valence-electron chi connectivity index (χ0n) is 7.78. The number of anilines is 2. The first kappa shape index (κ1) is 13.2. The molecule has 4 N–H and O–H groups in total. The Balaban J connectivity index is 0.000000845. The van der Waals surface area contributed by atoms with Crippen LogP contribution in [0.15, 0.2) is 18.2 Å². The van der Waals surface area contributed by atoms with Gasteiger partial charge in [0.2, 0.25) is 5.95 Å². The molecule has 0 aliphatic carbocycles. The molecule has 0 spiro atoms. The minimum absolute atomic E-state index is 0. The second-order valence-corrected chi connectivity index (χ2v) is 2.40. The second kappa shape index (κ2) is 5.18. The first-order valence-corrected chi connectivity index (χ1v) is 3.47. The Bertz CT molecular complexity index is 430. The maximum absolute atomic E-state index is 5.59. The molecule has 0 atom stereocenters. The summed E-state index contributed by atoms with van der Waals surface area (Å²) in [6, 6.07) is 8.35. The molecule has 1 heterocycles. The molecular weight excluding hydrogens is 402 g/mol. The summed E-state index contributed by atoms with van der Waals surface area (Å²) in [4.78, 5) is 7.81. The molecule has 0 aliphatic rings. The number of nitrogens with zero attached hydrogens (tertiary/aromatic N) is 2. The third kappa shape index (κ3) is 2.37. The summed E-state index contributed by atoms with van der Waals surface area (Å²) in [5.41, 5.74) is 11.7. The van der Waals surface area contributed by atoms with Crippen molar-refractivity contribution in [3.63, 3.8) is 0 Å². The molecule has 0 saturated carbocycles. The van der Waals surface area contributed by atoms with Crippen molar-refractivity contribution in [1.29, 1.82) is 0 Å². The standard InChI is InChI=1S/C8H7N4.CH3.U/c9-7-5-3-1-2-4-6(5)11-8(10)12-7;;/h1-2,4H,(H4,9,10,11,12);1H3;/q2*-1;+2. The van der Waals surface area contributed by atoms with Crippen LogP contribution in [-0.4, -0.2) is 9.97 Å². The first-order valence-electron chi connectivity index (χ1n) is 3.47. The molecule has 1 aromatic carbocycles. The van der Waals surface area contributed by atoms with Gasteiger partial charge in [-0.1, -0.05) is 5.39 Å². The average Bonchev–Trinajstić information content (AvgIpc) is 2.04. The number of nitrogens with two attached hydrogens (primary N) is 2. The zero-order chi connectivity index (χ0) is 8.55. The summed E-state index contributed by atoms with van der Waals surface area (Å²) < 4.78 is 0.